The summed E-state index contributed by atoms with van der Waals surface area (Å²) in [5.41, 5.74) is 11.9. The summed E-state index contributed by atoms with van der Waals surface area (Å²) in [6, 6.07) is 28.9. The number of ether oxygens (including phenoxy) is 2. The Hall–Kier alpha value is -4.55. The number of pyridine rings is 2. The first-order chi connectivity index (χ1) is 17.2. The van der Waals surface area contributed by atoms with Crippen LogP contribution >= 0.6 is 0 Å². The standard InChI is InChI=1S/C29H23N3O3/c1-34-29(33)22-11-13-23(14-12-22)35-28-25-17-24(20-5-3-2-4-6-20)27(32-26(25)15-16-31-28)21-9-7-19(18-30)8-10-21/h2-17H,18,30H2,1H3. The van der Waals surface area contributed by atoms with Crippen molar-refractivity contribution in [3.8, 4) is 34.0 Å². The molecule has 2 N–H and O–H groups in total. The molecular formula is C29H23N3O3. The number of rotatable bonds is 6. The van der Waals surface area contributed by atoms with Crippen LogP contribution in [-0.4, -0.2) is 23.0 Å². The number of hydrogen-bond donors (Lipinski definition) is 1. The zero-order chi connectivity index (χ0) is 24.2. The normalized spacial score (nSPS) is 10.8. The molecule has 5 rings (SSSR count). The van der Waals surface area contributed by atoms with Gasteiger partial charge in [0.15, 0.2) is 0 Å². The third-order valence-electron chi connectivity index (χ3n) is 5.74. The van der Waals surface area contributed by atoms with Crippen LogP contribution < -0.4 is 10.5 Å². The van der Waals surface area contributed by atoms with E-state index < -0.39 is 5.97 Å². The van der Waals surface area contributed by atoms with Crippen molar-refractivity contribution in [3.63, 3.8) is 0 Å². The first kappa shape index (κ1) is 22.3. The Morgan fingerprint density at radius 1 is 0.886 bits per heavy atom. The minimum Gasteiger partial charge on any atom is -0.465 e. The minimum atomic E-state index is -0.399. The van der Waals surface area contributed by atoms with Gasteiger partial charge in [-0.3, -0.25) is 0 Å². The molecule has 6 heteroatoms. The van der Waals surface area contributed by atoms with Gasteiger partial charge in [-0.25, -0.2) is 14.8 Å². The fraction of sp³-hybridized carbons (Fsp3) is 0.0690. The fourth-order valence-corrected chi connectivity index (χ4v) is 3.90. The van der Waals surface area contributed by atoms with Crippen LogP contribution in [0.2, 0.25) is 0 Å². The highest BCUT2D eigenvalue weighted by atomic mass is 16.5. The second-order valence-electron chi connectivity index (χ2n) is 7.95. The first-order valence-corrected chi connectivity index (χ1v) is 11.2. The van der Waals surface area contributed by atoms with Crippen LogP contribution in [0.1, 0.15) is 15.9 Å². The quantitative estimate of drug-likeness (QED) is 0.312. The number of methoxy groups -OCH3 is 1. The molecule has 0 atom stereocenters. The highest BCUT2D eigenvalue weighted by Gasteiger charge is 2.15. The molecule has 5 aromatic rings. The number of carbonyl (C=O) groups is 1. The van der Waals surface area contributed by atoms with E-state index >= 15 is 0 Å². The molecule has 0 unspecified atom stereocenters. The van der Waals surface area contributed by atoms with Gasteiger partial charge in [-0.2, -0.15) is 0 Å². The number of benzene rings is 3. The van der Waals surface area contributed by atoms with E-state index in [1.165, 1.54) is 7.11 Å². The number of fused-ring (bicyclic) bond motifs is 1. The maximum absolute atomic E-state index is 11.7. The summed E-state index contributed by atoms with van der Waals surface area (Å²) in [5.74, 6) is 0.590. The summed E-state index contributed by atoms with van der Waals surface area (Å²) in [4.78, 5) is 21.2. The SMILES string of the molecule is COC(=O)c1ccc(Oc2nccc3nc(-c4ccc(CN)cc4)c(-c4ccccc4)cc23)cc1. The molecule has 0 fully saturated rings. The van der Waals surface area contributed by atoms with Crippen molar-refractivity contribution < 1.29 is 14.3 Å². The summed E-state index contributed by atoms with van der Waals surface area (Å²) in [6.07, 6.45) is 1.68. The van der Waals surface area contributed by atoms with Crippen LogP contribution in [0.3, 0.4) is 0 Å². The molecule has 35 heavy (non-hydrogen) atoms. The molecule has 0 spiro atoms. The Morgan fingerprint density at radius 3 is 2.31 bits per heavy atom. The van der Waals surface area contributed by atoms with Gasteiger partial charge in [0.05, 0.1) is 29.3 Å². The topological polar surface area (TPSA) is 87.3 Å². The van der Waals surface area contributed by atoms with E-state index in [1.54, 1.807) is 30.5 Å². The van der Waals surface area contributed by atoms with Gasteiger partial charge in [0.25, 0.3) is 0 Å². The van der Waals surface area contributed by atoms with Crippen LogP contribution in [0.4, 0.5) is 0 Å². The third-order valence-corrected chi connectivity index (χ3v) is 5.74. The number of hydrogen-bond acceptors (Lipinski definition) is 6. The van der Waals surface area contributed by atoms with E-state index in [-0.39, 0.29) is 0 Å². The smallest absolute Gasteiger partial charge is 0.337 e. The van der Waals surface area contributed by atoms with E-state index in [0.29, 0.717) is 23.7 Å². The fourth-order valence-electron chi connectivity index (χ4n) is 3.90. The van der Waals surface area contributed by atoms with E-state index in [4.69, 9.17) is 20.2 Å². The monoisotopic (exact) mass is 461 g/mol. The molecule has 0 saturated carbocycles. The molecule has 0 saturated heterocycles. The largest absolute Gasteiger partial charge is 0.465 e. The molecule has 0 radical (unpaired) electrons. The number of carbonyl (C=O) groups excluding carboxylic acids is 1. The van der Waals surface area contributed by atoms with Crippen molar-refractivity contribution in [2.24, 2.45) is 5.73 Å². The van der Waals surface area contributed by atoms with Crippen molar-refractivity contribution in [2.75, 3.05) is 7.11 Å². The van der Waals surface area contributed by atoms with Crippen LogP contribution in [0, 0.1) is 0 Å². The zero-order valence-electron chi connectivity index (χ0n) is 19.1. The first-order valence-electron chi connectivity index (χ1n) is 11.2. The molecule has 6 nitrogen and oxygen atoms in total. The van der Waals surface area contributed by atoms with Gasteiger partial charge in [-0.1, -0.05) is 54.6 Å². The molecule has 3 aromatic carbocycles. The molecule has 2 aromatic heterocycles. The summed E-state index contributed by atoms with van der Waals surface area (Å²) < 4.78 is 10.9. The third kappa shape index (κ3) is 4.60. The van der Waals surface area contributed by atoms with Gasteiger partial charge in [0, 0.05) is 23.9 Å². The Labute approximate surface area is 203 Å². The van der Waals surface area contributed by atoms with Gasteiger partial charge in [0.1, 0.15) is 5.75 Å². The van der Waals surface area contributed by atoms with Gasteiger partial charge < -0.3 is 15.2 Å². The van der Waals surface area contributed by atoms with E-state index in [1.807, 2.05) is 48.5 Å². The number of nitrogens with zero attached hydrogens (tertiary/aromatic N) is 2. The van der Waals surface area contributed by atoms with Crippen molar-refractivity contribution in [1.29, 1.82) is 0 Å². The minimum absolute atomic E-state index is 0.399. The average molecular weight is 462 g/mol. The van der Waals surface area contributed by atoms with E-state index in [2.05, 4.69) is 23.2 Å². The summed E-state index contributed by atoms with van der Waals surface area (Å²) in [7, 11) is 1.35. The lowest BCUT2D eigenvalue weighted by molar-refractivity contribution is 0.0600. The maximum Gasteiger partial charge on any atom is 0.337 e. The van der Waals surface area contributed by atoms with Crippen molar-refractivity contribution in [3.05, 3.63) is 108 Å². The van der Waals surface area contributed by atoms with Crippen LogP contribution in [-0.2, 0) is 11.3 Å². The Bertz CT molecular complexity index is 1480. The summed E-state index contributed by atoms with van der Waals surface area (Å²) in [6.45, 7) is 0.490. The van der Waals surface area contributed by atoms with Crippen LogP contribution in [0.25, 0.3) is 33.3 Å². The maximum atomic E-state index is 11.7. The lowest BCUT2D eigenvalue weighted by atomic mass is 9.97. The molecule has 0 aliphatic heterocycles. The Morgan fingerprint density at radius 2 is 1.63 bits per heavy atom. The highest BCUT2D eigenvalue weighted by molar-refractivity contribution is 5.94. The molecule has 172 valence electrons. The molecule has 2 heterocycles. The summed E-state index contributed by atoms with van der Waals surface area (Å²) >= 11 is 0. The molecule has 0 amide bonds. The Balaban J connectivity index is 1.62. The second kappa shape index (κ2) is 9.75. The van der Waals surface area contributed by atoms with E-state index in [9.17, 15) is 4.79 Å². The van der Waals surface area contributed by atoms with Gasteiger partial charge in [0.2, 0.25) is 5.88 Å². The van der Waals surface area contributed by atoms with Crippen LogP contribution in [0.5, 0.6) is 11.6 Å². The van der Waals surface area contributed by atoms with Gasteiger partial charge >= 0.3 is 5.97 Å². The Kier molecular flexibility index (Phi) is 6.20. The van der Waals surface area contributed by atoms with Crippen molar-refractivity contribution >= 4 is 16.9 Å². The number of aromatic nitrogens is 2. The molecular weight excluding hydrogens is 438 g/mol. The average Bonchev–Trinajstić information content (AvgIpc) is 2.93. The zero-order valence-corrected chi connectivity index (χ0v) is 19.1. The van der Waals surface area contributed by atoms with Crippen LogP contribution in [0.15, 0.2) is 97.2 Å². The predicted octanol–water partition coefficient (Wildman–Crippen LogP) is 6.00. The van der Waals surface area contributed by atoms with Gasteiger partial charge in [-0.15, -0.1) is 0 Å². The molecule has 0 aliphatic rings. The number of esters is 1. The lowest BCUT2D eigenvalue weighted by Crippen LogP contribution is -2.00. The lowest BCUT2D eigenvalue weighted by Gasteiger charge is -2.14. The van der Waals surface area contributed by atoms with Gasteiger partial charge in [-0.05, 0) is 47.5 Å². The summed E-state index contributed by atoms with van der Waals surface area (Å²) in [5, 5.41) is 0.783. The molecule has 0 aliphatic carbocycles. The van der Waals surface area contributed by atoms with Crippen molar-refractivity contribution in [2.45, 2.75) is 6.54 Å². The molecule has 0 bridgehead atoms. The predicted molar refractivity (Wildman–Crippen MR) is 136 cm³/mol. The van der Waals surface area contributed by atoms with E-state index in [0.717, 1.165) is 38.9 Å². The second-order valence-corrected chi connectivity index (χ2v) is 7.95. The van der Waals surface area contributed by atoms with Crippen molar-refractivity contribution in [1.82, 2.24) is 9.97 Å². The number of nitrogens with two attached hydrogens (primary N) is 1. The highest BCUT2D eigenvalue weighted by Crippen LogP contribution is 2.36.